The third-order valence-corrected chi connectivity index (χ3v) is 2.89. The maximum Gasteiger partial charge on any atom is 0.307 e. The maximum atomic E-state index is 11.0. The van der Waals surface area contributed by atoms with E-state index in [1.807, 2.05) is 6.92 Å². The van der Waals surface area contributed by atoms with Gasteiger partial charge in [-0.05, 0) is 18.8 Å². The van der Waals surface area contributed by atoms with Crippen molar-refractivity contribution in [3.05, 3.63) is 0 Å². The van der Waals surface area contributed by atoms with E-state index in [-0.39, 0.29) is 12.0 Å². The third-order valence-electron chi connectivity index (χ3n) is 2.89. The summed E-state index contributed by atoms with van der Waals surface area (Å²) in [5.74, 6) is 0.131. The Morgan fingerprint density at radius 3 is 1.62 bits per heavy atom. The molecular weight excluding hydrogens is 202 g/mol. The Bertz CT molecular complexity index is 204. The standard InChI is InChI=1S/C13H27NO2/c1-9(2)7-14(8-10(3)4)12(6)11(5)13(15)16/h9-12H,7-8H2,1-6H3,(H,15,16). The molecule has 0 aliphatic rings. The first-order chi connectivity index (χ1) is 7.25. The zero-order valence-corrected chi connectivity index (χ0v) is 11.5. The highest BCUT2D eigenvalue weighted by atomic mass is 16.4. The van der Waals surface area contributed by atoms with E-state index in [0.717, 1.165) is 13.1 Å². The number of aliphatic carboxylic acids is 1. The summed E-state index contributed by atoms with van der Waals surface area (Å²) in [5.41, 5.74) is 0. The summed E-state index contributed by atoms with van der Waals surface area (Å²) in [6.45, 7) is 14.4. The second-order valence-electron chi connectivity index (χ2n) is 5.61. The molecule has 2 unspecified atom stereocenters. The molecule has 0 heterocycles. The van der Waals surface area contributed by atoms with Crippen LogP contribution in [0.1, 0.15) is 41.5 Å². The molecule has 0 aliphatic carbocycles. The Hall–Kier alpha value is -0.570. The highest BCUT2D eigenvalue weighted by Crippen LogP contribution is 2.15. The molecule has 1 N–H and O–H groups in total. The number of hydrogen-bond donors (Lipinski definition) is 1. The molecule has 2 atom stereocenters. The molecule has 0 saturated heterocycles. The summed E-state index contributed by atoms with van der Waals surface area (Å²) in [6, 6.07) is 0.0994. The molecule has 0 amide bonds. The second kappa shape index (κ2) is 6.89. The third kappa shape index (κ3) is 5.50. The van der Waals surface area contributed by atoms with Gasteiger partial charge in [-0.15, -0.1) is 0 Å². The topological polar surface area (TPSA) is 40.5 Å². The summed E-state index contributed by atoms with van der Waals surface area (Å²) in [6.07, 6.45) is 0. The minimum Gasteiger partial charge on any atom is -0.481 e. The van der Waals surface area contributed by atoms with Crippen LogP contribution in [0.4, 0.5) is 0 Å². The summed E-state index contributed by atoms with van der Waals surface area (Å²) in [5, 5.41) is 9.04. The van der Waals surface area contributed by atoms with E-state index in [0.29, 0.717) is 11.8 Å². The Morgan fingerprint density at radius 1 is 1.00 bits per heavy atom. The lowest BCUT2D eigenvalue weighted by atomic mass is 9.99. The smallest absolute Gasteiger partial charge is 0.307 e. The van der Waals surface area contributed by atoms with Gasteiger partial charge < -0.3 is 5.11 Å². The number of carboxylic acid groups (broad SMARTS) is 1. The zero-order chi connectivity index (χ0) is 12.9. The molecule has 0 aromatic carbocycles. The fraction of sp³-hybridized carbons (Fsp3) is 0.923. The molecule has 0 aromatic heterocycles. The molecule has 0 fully saturated rings. The molecule has 0 saturated carbocycles. The van der Waals surface area contributed by atoms with E-state index in [4.69, 9.17) is 5.11 Å². The second-order valence-corrected chi connectivity index (χ2v) is 5.61. The van der Waals surface area contributed by atoms with Gasteiger partial charge in [0.15, 0.2) is 0 Å². The number of hydrogen-bond acceptors (Lipinski definition) is 2. The predicted molar refractivity (Wildman–Crippen MR) is 67.5 cm³/mol. The molecule has 0 aromatic rings. The first-order valence-corrected chi connectivity index (χ1v) is 6.22. The average Bonchev–Trinajstić information content (AvgIpc) is 2.12. The normalized spacial score (nSPS) is 15.8. The van der Waals surface area contributed by atoms with Gasteiger partial charge in [-0.3, -0.25) is 9.69 Å². The van der Waals surface area contributed by atoms with Gasteiger partial charge >= 0.3 is 5.97 Å². The van der Waals surface area contributed by atoms with E-state index in [9.17, 15) is 4.79 Å². The lowest BCUT2D eigenvalue weighted by Gasteiger charge is -2.34. The van der Waals surface area contributed by atoms with Crippen LogP contribution in [0.5, 0.6) is 0 Å². The Kier molecular flexibility index (Phi) is 6.65. The van der Waals surface area contributed by atoms with Crippen molar-refractivity contribution in [3.8, 4) is 0 Å². The molecule has 0 radical (unpaired) electrons. The Balaban J connectivity index is 4.53. The Labute approximate surface area is 99.8 Å². The van der Waals surface area contributed by atoms with Gasteiger partial charge in [-0.25, -0.2) is 0 Å². The number of rotatable bonds is 7. The van der Waals surface area contributed by atoms with E-state index in [1.54, 1.807) is 6.92 Å². The van der Waals surface area contributed by atoms with Crippen LogP contribution < -0.4 is 0 Å². The van der Waals surface area contributed by atoms with E-state index < -0.39 is 5.97 Å². The van der Waals surface area contributed by atoms with Crippen molar-refractivity contribution in [3.63, 3.8) is 0 Å². The van der Waals surface area contributed by atoms with Gasteiger partial charge in [0, 0.05) is 19.1 Å². The molecule has 0 bridgehead atoms. The van der Waals surface area contributed by atoms with E-state index >= 15 is 0 Å². The number of nitrogens with zero attached hydrogens (tertiary/aromatic N) is 1. The van der Waals surface area contributed by atoms with Crippen molar-refractivity contribution >= 4 is 5.97 Å². The maximum absolute atomic E-state index is 11.0. The van der Waals surface area contributed by atoms with Crippen LogP contribution in [0.25, 0.3) is 0 Å². The fourth-order valence-corrected chi connectivity index (χ4v) is 1.87. The molecule has 0 aliphatic heterocycles. The zero-order valence-electron chi connectivity index (χ0n) is 11.5. The minimum absolute atomic E-state index is 0.0994. The van der Waals surface area contributed by atoms with Crippen LogP contribution >= 0.6 is 0 Å². The van der Waals surface area contributed by atoms with Crippen LogP contribution in [0.2, 0.25) is 0 Å². The SMILES string of the molecule is CC(C)CN(CC(C)C)C(C)C(C)C(=O)O. The summed E-state index contributed by atoms with van der Waals surface area (Å²) in [4.78, 5) is 13.3. The van der Waals surface area contributed by atoms with Crippen LogP contribution in [0, 0.1) is 17.8 Å². The van der Waals surface area contributed by atoms with Gasteiger partial charge in [0.1, 0.15) is 0 Å². The molecule has 0 spiro atoms. The molecule has 16 heavy (non-hydrogen) atoms. The van der Waals surface area contributed by atoms with Gasteiger partial charge in [0.05, 0.1) is 5.92 Å². The predicted octanol–water partition coefficient (Wildman–Crippen LogP) is 2.71. The van der Waals surface area contributed by atoms with Crippen molar-refractivity contribution in [1.82, 2.24) is 4.90 Å². The number of carboxylic acids is 1. The lowest BCUT2D eigenvalue weighted by molar-refractivity contribution is -0.143. The van der Waals surface area contributed by atoms with Crippen LogP contribution in [-0.4, -0.2) is 35.1 Å². The number of carbonyl (C=O) groups is 1. The molecule has 3 heteroatoms. The molecule has 96 valence electrons. The summed E-state index contributed by atoms with van der Waals surface area (Å²) < 4.78 is 0. The van der Waals surface area contributed by atoms with Crippen LogP contribution in [0.3, 0.4) is 0 Å². The molecule has 0 rings (SSSR count). The largest absolute Gasteiger partial charge is 0.481 e. The van der Waals surface area contributed by atoms with Gasteiger partial charge in [0.25, 0.3) is 0 Å². The van der Waals surface area contributed by atoms with Crippen molar-refractivity contribution in [2.75, 3.05) is 13.1 Å². The van der Waals surface area contributed by atoms with E-state index in [2.05, 4.69) is 32.6 Å². The molecular formula is C13H27NO2. The summed E-state index contributed by atoms with van der Waals surface area (Å²) in [7, 11) is 0. The van der Waals surface area contributed by atoms with Gasteiger partial charge in [-0.1, -0.05) is 34.6 Å². The minimum atomic E-state index is -0.704. The van der Waals surface area contributed by atoms with Crippen molar-refractivity contribution in [1.29, 1.82) is 0 Å². The lowest BCUT2D eigenvalue weighted by Crippen LogP contribution is -2.44. The highest BCUT2D eigenvalue weighted by molar-refractivity contribution is 5.70. The quantitative estimate of drug-likeness (QED) is 0.729. The van der Waals surface area contributed by atoms with Crippen molar-refractivity contribution in [2.45, 2.75) is 47.6 Å². The Morgan fingerprint density at radius 2 is 1.38 bits per heavy atom. The highest BCUT2D eigenvalue weighted by Gasteiger charge is 2.25. The molecule has 3 nitrogen and oxygen atoms in total. The van der Waals surface area contributed by atoms with E-state index in [1.165, 1.54) is 0 Å². The first kappa shape index (κ1) is 15.4. The van der Waals surface area contributed by atoms with Crippen molar-refractivity contribution < 1.29 is 9.90 Å². The summed E-state index contributed by atoms with van der Waals surface area (Å²) >= 11 is 0. The van der Waals surface area contributed by atoms with Crippen LogP contribution in [-0.2, 0) is 4.79 Å². The fourth-order valence-electron chi connectivity index (χ4n) is 1.87. The van der Waals surface area contributed by atoms with Gasteiger partial charge in [-0.2, -0.15) is 0 Å². The monoisotopic (exact) mass is 229 g/mol. The van der Waals surface area contributed by atoms with Crippen LogP contribution in [0.15, 0.2) is 0 Å². The van der Waals surface area contributed by atoms with Gasteiger partial charge in [0.2, 0.25) is 0 Å². The average molecular weight is 229 g/mol. The van der Waals surface area contributed by atoms with Crippen molar-refractivity contribution in [2.24, 2.45) is 17.8 Å². The first-order valence-electron chi connectivity index (χ1n) is 6.22.